The van der Waals surface area contributed by atoms with Gasteiger partial charge in [0.05, 0.1) is 12.0 Å². The number of pyridine rings is 1. The molecule has 0 atom stereocenters. The van der Waals surface area contributed by atoms with Gasteiger partial charge in [0, 0.05) is 29.2 Å². The minimum Gasteiger partial charge on any atom is -0.272 e. The van der Waals surface area contributed by atoms with Crippen LogP contribution in [0.15, 0.2) is 89.4 Å². The lowest BCUT2D eigenvalue weighted by atomic mass is 9.87. The molecule has 0 fully saturated rings. The first-order chi connectivity index (χ1) is 16.4. The number of carbonyl (C=O) groups excluding carboxylic acids is 1. The third-order valence-electron chi connectivity index (χ3n) is 5.08. The van der Waals surface area contributed by atoms with Crippen LogP contribution in [0.3, 0.4) is 0 Å². The zero-order valence-corrected chi connectivity index (χ0v) is 20.2. The molecule has 0 aliphatic carbocycles. The molecule has 0 aliphatic rings. The van der Waals surface area contributed by atoms with Crippen molar-refractivity contribution in [3.8, 4) is 17.1 Å². The molecule has 0 saturated heterocycles. The number of nitrogens with one attached hydrogen (secondary N) is 1. The Balaban J connectivity index is 1.53. The molecule has 1 N–H and O–H groups in total. The van der Waals surface area contributed by atoms with Gasteiger partial charge in [0.15, 0.2) is 11.0 Å². The highest BCUT2D eigenvalue weighted by molar-refractivity contribution is 7.99. The fourth-order valence-electron chi connectivity index (χ4n) is 3.27. The number of aromatic nitrogens is 4. The molecule has 4 aromatic rings. The van der Waals surface area contributed by atoms with Crippen molar-refractivity contribution in [3.63, 3.8) is 0 Å². The van der Waals surface area contributed by atoms with Crippen molar-refractivity contribution in [3.05, 3.63) is 90.3 Å². The van der Waals surface area contributed by atoms with Gasteiger partial charge in [-0.1, -0.05) is 81.1 Å². The molecule has 0 radical (unpaired) electrons. The van der Waals surface area contributed by atoms with E-state index >= 15 is 0 Å². The summed E-state index contributed by atoms with van der Waals surface area (Å²) < 4.78 is 1.98. The quantitative estimate of drug-likeness (QED) is 0.237. The first-order valence-electron chi connectivity index (χ1n) is 10.9. The number of amides is 1. The van der Waals surface area contributed by atoms with E-state index in [9.17, 15) is 4.79 Å². The summed E-state index contributed by atoms with van der Waals surface area (Å²) in [7, 11) is 0. The Kier molecular flexibility index (Phi) is 7.18. The SMILES string of the molecule is CC(C)(C)c1ccc(-c2nnc(SCC(=O)NN=Cc3cccnc3)n2-c2ccccc2)cc1. The van der Waals surface area contributed by atoms with Gasteiger partial charge in [-0.2, -0.15) is 5.10 Å². The maximum Gasteiger partial charge on any atom is 0.250 e. The van der Waals surface area contributed by atoms with E-state index < -0.39 is 0 Å². The fourth-order valence-corrected chi connectivity index (χ4v) is 4.02. The van der Waals surface area contributed by atoms with E-state index in [1.807, 2.05) is 47.0 Å². The summed E-state index contributed by atoms with van der Waals surface area (Å²) >= 11 is 1.31. The predicted molar refractivity (Wildman–Crippen MR) is 136 cm³/mol. The number of carbonyl (C=O) groups is 1. The Bertz CT molecular complexity index is 1260. The second-order valence-electron chi connectivity index (χ2n) is 8.67. The van der Waals surface area contributed by atoms with Gasteiger partial charge in [-0.25, -0.2) is 5.43 Å². The first kappa shape index (κ1) is 23.4. The van der Waals surface area contributed by atoms with Gasteiger partial charge in [-0.3, -0.25) is 14.3 Å². The molecule has 172 valence electrons. The van der Waals surface area contributed by atoms with Crippen LogP contribution in [0.2, 0.25) is 0 Å². The monoisotopic (exact) mass is 470 g/mol. The van der Waals surface area contributed by atoms with Gasteiger partial charge < -0.3 is 0 Å². The van der Waals surface area contributed by atoms with Crippen LogP contribution in [0.4, 0.5) is 0 Å². The number of hydrazone groups is 1. The Morgan fingerprint density at radius 2 is 1.79 bits per heavy atom. The average molecular weight is 471 g/mol. The summed E-state index contributed by atoms with van der Waals surface area (Å²) in [5.74, 6) is 0.645. The van der Waals surface area contributed by atoms with Crippen molar-refractivity contribution in [2.24, 2.45) is 5.10 Å². The van der Waals surface area contributed by atoms with Gasteiger partial charge in [-0.15, -0.1) is 10.2 Å². The minimum atomic E-state index is -0.233. The molecule has 0 bridgehead atoms. The Hall–Kier alpha value is -3.78. The standard InChI is InChI=1S/C26H26N6OS/c1-26(2,3)21-13-11-20(12-14-21)24-30-31-25(32(24)22-9-5-4-6-10-22)34-18-23(33)29-28-17-19-8-7-15-27-16-19/h4-17H,18H2,1-3H3,(H,29,33). The van der Waals surface area contributed by atoms with Crippen LogP contribution in [-0.2, 0) is 10.2 Å². The van der Waals surface area contributed by atoms with Gasteiger partial charge in [0.1, 0.15) is 0 Å². The normalized spacial score (nSPS) is 11.6. The molecule has 4 rings (SSSR count). The van der Waals surface area contributed by atoms with Crippen LogP contribution in [0, 0.1) is 0 Å². The third kappa shape index (κ3) is 5.77. The molecule has 0 aliphatic heterocycles. The van der Waals surface area contributed by atoms with Crippen LogP contribution < -0.4 is 5.43 Å². The highest BCUT2D eigenvalue weighted by Crippen LogP contribution is 2.30. The topological polar surface area (TPSA) is 85.1 Å². The molecule has 2 aromatic carbocycles. The molecule has 1 amide bonds. The zero-order chi connectivity index (χ0) is 24.0. The summed E-state index contributed by atoms with van der Waals surface area (Å²) in [6.45, 7) is 6.57. The van der Waals surface area contributed by atoms with Crippen LogP contribution in [0.1, 0.15) is 31.9 Å². The molecule has 2 heterocycles. The summed E-state index contributed by atoms with van der Waals surface area (Å²) in [5.41, 5.74) is 6.56. The Morgan fingerprint density at radius 1 is 1.03 bits per heavy atom. The fraction of sp³-hybridized carbons (Fsp3) is 0.192. The number of para-hydroxylation sites is 1. The van der Waals surface area contributed by atoms with E-state index in [1.54, 1.807) is 18.6 Å². The van der Waals surface area contributed by atoms with E-state index in [2.05, 4.69) is 70.7 Å². The molecule has 0 spiro atoms. The van der Waals surface area contributed by atoms with E-state index in [1.165, 1.54) is 17.3 Å². The summed E-state index contributed by atoms with van der Waals surface area (Å²) in [5, 5.41) is 13.5. The van der Waals surface area contributed by atoms with Crippen LogP contribution in [0.5, 0.6) is 0 Å². The van der Waals surface area contributed by atoms with Crippen molar-refractivity contribution in [2.75, 3.05) is 5.75 Å². The van der Waals surface area contributed by atoms with Gasteiger partial charge in [0.2, 0.25) is 0 Å². The first-order valence-corrected chi connectivity index (χ1v) is 11.9. The Morgan fingerprint density at radius 3 is 2.47 bits per heavy atom. The van der Waals surface area contributed by atoms with Crippen LogP contribution in [0.25, 0.3) is 17.1 Å². The van der Waals surface area contributed by atoms with E-state index in [0.29, 0.717) is 5.16 Å². The number of nitrogens with zero attached hydrogens (tertiary/aromatic N) is 5. The lowest BCUT2D eigenvalue weighted by molar-refractivity contribution is -0.118. The lowest BCUT2D eigenvalue weighted by Crippen LogP contribution is -2.20. The average Bonchev–Trinajstić information content (AvgIpc) is 3.27. The number of hydrogen-bond acceptors (Lipinski definition) is 6. The van der Waals surface area contributed by atoms with Gasteiger partial charge in [-0.05, 0) is 29.2 Å². The molecule has 34 heavy (non-hydrogen) atoms. The molecular formula is C26H26N6OS. The molecule has 2 aromatic heterocycles. The number of benzene rings is 2. The molecule has 7 nitrogen and oxygen atoms in total. The smallest absolute Gasteiger partial charge is 0.250 e. The zero-order valence-electron chi connectivity index (χ0n) is 19.3. The van der Waals surface area contributed by atoms with Gasteiger partial charge in [0.25, 0.3) is 5.91 Å². The second kappa shape index (κ2) is 10.4. The van der Waals surface area contributed by atoms with Crippen molar-refractivity contribution in [2.45, 2.75) is 31.3 Å². The van der Waals surface area contributed by atoms with Crippen molar-refractivity contribution in [1.82, 2.24) is 25.2 Å². The number of rotatable bonds is 7. The van der Waals surface area contributed by atoms with E-state index in [-0.39, 0.29) is 17.1 Å². The molecule has 0 saturated carbocycles. The molecule has 8 heteroatoms. The largest absolute Gasteiger partial charge is 0.272 e. The summed E-state index contributed by atoms with van der Waals surface area (Å²) in [4.78, 5) is 16.4. The van der Waals surface area contributed by atoms with Crippen molar-refractivity contribution >= 4 is 23.9 Å². The summed E-state index contributed by atoms with van der Waals surface area (Å²) in [6.07, 6.45) is 4.91. The third-order valence-corrected chi connectivity index (χ3v) is 6.01. The Labute approximate surface area is 203 Å². The van der Waals surface area contributed by atoms with E-state index in [4.69, 9.17) is 0 Å². The maximum atomic E-state index is 12.3. The van der Waals surface area contributed by atoms with E-state index in [0.717, 1.165) is 22.6 Å². The molecule has 0 unspecified atom stereocenters. The maximum absolute atomic E-state index is 12.3. The second-order valence-corrected chi connectivity index (χ2v) is 9.62. The van der Waals surface area contributed by atoms with Crippen LogP contribution in [-0.4, -0.2) is 37.6 Å². The van der Waals surface area contributed by atoms with Crippen molar-refractivity contribution < 1.29 is 4.79 Å². The summed E-state index contributed by atoms with van der Waals surface area (Å²) in [6, 6.07) is 21.9. The predicted octanol–water partition coefficient (Wildman–Crippen LogP) is 4.87. The lowest BCUT2D eigenvalue weighted by Gasteiger charge is -2.19. The number of thioether (sulfide) groups is 1. The van der Waals surface area contributed by atoms with Crippen LogP contribution >= 0.6 is 11.8 Å². The van der Waals surface area contributed by atoms with Gasteiger partial charge >= 0.3 is 0 Å². The minimum absolute atomic E-state index is 0.0690. The highest BCUT2D eigenvalue weighted by Gasteiger charge is 2.19. The number of hydrogen-bond donors (Lipinski definition) is 1. The van der Waals surface area contributed by atoms with Crippen molar-refractivity contribution in [1.29, 1.82) is 0 Å². The highest BCUT2D eigenvalue weighted by atomic mass is 32.2. The molecular weight excluding hydrogens is 444 g/mol.